The molecule has 1 rings (SSSR count). The first kappa shape index (κ1) is 14.7. The summed E-state index contributed by atoms with van der Waals surface area (Å²) in [5.41, 5.74) is 5.30. The molecule has 98 valence electrons. The zero-order chi connectivity index (χ0) is 13.4. The molecule has 0 bridgehead atoms. The van der Waals surface area contributed by atoms with Gasteiger partial charge in [0.05, 0.1) is 5.56 Å². The molecule has 2 N–H and O–H groups in total. The monoisotopic (exact) mass is 312 g/mol. The first-order valence-corrected chi connectivity index (χ1v) is 6.78. The fraction of sp³-hybridized carbons (Fsp3) is 0.385. The van der Waals surface area contributed by atoms with E-state index in [0.29, 0.717) is 16.5 Å². The highest BCUT2D eigenvalue weighted by atomic mass is 79.9. The van der Waals surface area contributed by atoms with Crippen LogP contribution in [-0.2, 0) is 4.79 Å². The highest BCUT2D eigenvalue weighted by molar-refractivity contribution is 9.10. The van der Waals surface area contributed by atoms with Crippen LogP contribution in [0, 0.1) is 0 Å². The summed E-state index contributed by atoms with van der Waals surface area (Å²) in [5, 5.41) is 0. The molecule has 0 aromatic heterocycles. The summed E-state index contributed by atoms with van der Waals surface area (Å²) >= 11 is 3.28. The molecule has 0 saturated heterocycles. The standard InChI is InChI=1S/C13H17BrN2O2/c1-2-3-4-9-12(17)15-16-13(18)10-7-5-6-8-11(10)14/h5-8H,2-4,9H2,1H3,(H,15,17)(H,16,18). The summed E-state index contributed by atoms with van der Waals surface area (Å²) in [6.07, 6.45) is 3.36. The van der Waals surface area contributed by atoms with Crippen molar-refractivity contribution in [3.8, 4) is 0 Å². The molecule has 5 heteroatoms. The number of hydrazine groups is 1. The van der Waals surface area contributed by atoms with Crippen LogP contribution in [0.1, 0.15) is 43.0 Å². The van der Waals surface area contributed by atoms with Crippen LogP contribution < -0.4 is 10.9 Å². The van der Waals surface area contributed by atoms with Gasteiger partial charge >= 0.3 is 0 Å². The molecule has 0 radical (unpaired) electrons. The number of carbonyl (C=O) groups is 2. The molecule has 0 heterocycles. The Balaban J connectivity index is 2.38. The second-order valence-corrected chi connectivity index (χ2v) is 4.79. The number of carbonyl (C=O) groups excluding carboxylic acids is 2. The number of nitrogens with one attached hydrogen (secondary N) is 2. The molecule has 4 nitrogen and oxygen atoms in total. The van der Waals surface area contributed by atoms with Crippen molar-refractivity contribution in [2.75, 3.05) is 0 Å². The van der Waals surface area contributed by atoms with Crippen LogP contribution in [0.15, 0.2) is 28.7 Å². The van der Waals surface area contributed by atoms with Crippen LogP contribution in [0.3, 0.4) is 0 Å². The number of hydrogen-bond donors (Lipinski definition) is 2. The predicted molar refractivity (Wildman–Crippen MR) is 73.9 cm³/mol. The lowest BCUT2D eigenvalue weighted by molar-refractivity contribution is -0.121. The van der Waals surface area contributed by atoms with Gasteiger partial charge in [0, 0.05) is 10.9 Å². The molecule has 0 atom stereocenters. The highest BCUT2D eigenvalue weighted by Gasteiger charge is 2.09. The number of benzene rings is 1. The van der Waals surface area contributed by atoms with Gasteiger partial charge in [0.15, 0.2) is 0 Å². The minimum absolute atomic E-state index is 0.163. The third kappa shape index (κ3) is 4.87. The van der Waals surface area contributed by atoms with E-state index in [0.717, 1.165) is 19.3 Å². The Kier molecular flexibility index (Phi) is 6.43. The smallest absolute Gasteiger partial charge is 0.270 e. The van der Waals surface area contributed by atoms with Gasteiger partial charge in [-0.25, -0.2) is 0 Å². The normalized spacial score (nSPS) is 9.89. The van der Waals surface area contributed by atoms with Crippen molar-refractivity contribution in [3.63, 3.8) is 0 Å². The largest absolute Gasteiger partial charge is 0.273 e. The third-order valence-electron chi connectivity index (χ3n) is 2.44. The van der Waals surface area contributed by atoms with E-state index >= 15 is 0 Å². The maximum absolute atomic E-state index is 11.7. The fourth-order valence-corrected chi connectivity index (χ4v) is 1.90. The summed E-state index contributed by atoms with van der Waals surface area (Å²) in [6, 6.07) is 7.05. The van der Waals surface area contributed by atoms with Crippen LogP contribution in [0.25, 0.3) is 0 Å². The average Bonchev–Trinajstić information content (AvgIpc) is 2.37. The molecular weight excluding hydrogens is 296 g/mol. The summed E-state index contributed by atoms with van der Waals surface area (Å²) < 4.78 is 0.697. The number of amides is 2. The van der Waals surface area contributed by atoms with Gasteiger partial charge in [-0.3, -0.25) is 20.4 Å². The summed E-state index contributed by atoms with van der Waals surface area (Å²) in [5.74, 6) is -0.491. The molecule has 0 saturated carbocycles. The lowest BCUT2D eigenvalue weighted by Gasteiger charge is -2.08. The predicted octanol–water partition coefficient (Wildman–Crippen LogP) is 2.79. The van der Waals surface area contributed by atoms with Gasteiger partial charge < -0.3 is 0 Å². The minimum atomic E-state index is -0.327. The Bertz CT molecular complexity index is 421. The molecule has 0 aliphatic rings. The van der Waals surface area contributed by atoms with Crippen molar-refractivity contribution >= 4 is 27.7 Å². The van der Waals surface area contributed by atoms with E-state index in [2.05, 4.69) is 33.7 Å². The second kappa shape index (κ2) is 7.87. The molecule has 0 unspecified atom stereocenters. The van der Waals surface area contributed by atoms with Gasteiger partial charge in [-0.1, -0.05) is 31.9 Å². The molecule has 2 amide bonds. The maximum Gasteiger partial charge on any atom is 0.270 e. The van der Waals surface area contributed by atoms with E-state index in [9.17, 15) is 9.59 Å². The minimum Gasteiger partial charge on any atom is -0.273 e. The first-order chi connectivity index (χ1) is 8.65. The molecule has 1 aromatic rings. The van der Waals surface area contributed by atoms with Crippen LogP contribution in [-0.4, -0.2) is 11.8 Å². The molecule has 0 aliphatic heterocycles. The Morgan fingerprint density at radius 1 is 1.17 bits per heavy atom. The Hall–Kier alpha value is -1.36. The fourth-order valence-electron chi connectivity index (χ4n) is 1.44. The van der Waals surface area contributed by atoms with E-state index in [4.69, 9.17) is 0 Å². The van der Waals surface area contributed by atoms with Gasteiger partial charge in [-0.2, -0.15) is 0 Å². The molecule has 0 aliphatic carbocycles. The summed E-state index contributed by atoms with van der Waals surface area (Å²) in [6.45, 7) is 2.08. The van der Waals surface area contributed by atoms with Crippen molar-refractivity contribution in [2.24, 2.45) is 0 Å². The molecule has 0 spiro atoms. The van der Waals surface area contributed by atoms with E-state index in [1.807, 2.05) is 6.07 Å². The van der Waals surface area contributed by atoms with Gasteiger partial charge in [-0.05, 0) is 34.5 Å². The topological polar surface area (TPSA) is 58.2 Å². The zero-order valence-corrected chi connectivity index (χ0v) is 11.9. The van der Waals surface area contributed by atoms with Crippen LogP contribution in [0.5, 0.6) is 0 Å². The van der Waals surface area contributed by atoms with Crippen LogP contribution in [0.4, 0.5) is 0 Å². The van der Waals surface area contributed by atoms with Crippen molar-refractivity contribution in [3.05, 3.63) is 34.3 Å². The maximum atomic E-state index is 11.7. The molecule has 18 heavy (non-hydrogen) atoms. The third-order valence-corrected chi connectivity index (χ3v) is 3.13. The number of unbranched alkanes of at least 4 members (excludes halogenated alkanes) is 2. The van der Waals surface area contributed by atoms with Gasteiger partial charge in [0.1, 0.15) is 0 Å². The summed E-state index contributed by atoms with van der Waals surface area (Å²) in [4.78, 5) is 23.1. The summed E-state index contributed by atoms with van der Waals surface area (Å²) in [7, 11) is 0. The number of hydrogen-bond acceptors (Lipinski definition) is 2. The second-order valence-electron chi connectivity index (χ2n) is 3.94. The lowest BCUT2D eigenvalue weighted by atomic mass is 10.2. The number of rotatable bonds is 5. The SMILES string of the molecule is CCCCCC(=O)NNC(=O)c1ccccc1Br. The van der Waals surface area contributed by atoms with Crippen molar-refractivity contribution in [2.45, 2.75) is 32.6 Å². The van der Waals surface area contributed by atoms with E-state index in [1.54, 1.807) is 18.2 Å². The Labute approximate surface area is 115 Å². The van der Waals surface area contributed by atoms with Crippen molar-refractivity contribution in [1.29, 1.82) is 0 Å². The highest BCUT2D eigenvalue weighted by Crippen LogP contribution is 2.15. The first-order valence-electron chi connectivity index (χ1n) is 5.99. The molecule has 0 fully saturated rings. The quantitative estimate of drug-likeness (QED) is 0.649. The van der Waals surface area contributed by atoms with Crippen molar-refractivity contribution in [1.82, 2.24) is 10.9 Å². The number of halogens is 1. The van der Waals surface area contributed by atoms with Crippen molar-refractivity contribution < 1.29 is 9.59 Å². The van der Waals surface area contributed by atoms with E-state index in [-0.39, 0.29) is 11.8 Å². The Morgan fingerprint density at radius 3 is 2.56 bits per heavy atom. The molecule has 1 aromatic carbocycles. The zero-order valence-electron chi connectivity index (χ0n) is 10.3. The van der Waals surface area contributed by atoms with Crippen LogP contribution >= 0.6 is 15.9 Å². The van der Waals surface area contributed by atoms with Gasteiger partial charge in [0.25, 0.3) is 5.91 Å². The lowest BCUT2D eigenvalue weighted by Crippen LogP contribution is -2.41. The van der Waals surface area contributed by atoms with E-state index < -0.39 is 0 Å². The van der Waals surface area contributed by atoms with E-state index in [1.165, 1.54) is 0 Å². The molecular formula is C13H17BrN2O2. The van der Waals surface area contributed by atoms with Gasteiger partial charge in [0.2, 0.25) is 5.91 Å². The average molecular weight is 313 g/mol. The van der Waals surface area contributed by atoms with Crippen LogP contribution in [0.2, 0.25) is 0 Å². The Morgan fingerprint density at radius 2 is 1.89 bits per heavy atom. The van der Waals surface area contributed by atoms with Gasteiger partial charge in [-0.15, -0.1) is 0 Å².